The van der Waals surface area contributed by atoms with Gasteiger partial charge in [0.15, 0.2) is 0 Å². The summed E-state index contributed by atoms with van der Waals surface area (Å²) in [6.45, 7) is 6.50. The maximum atomic E-state index is 11.3. The molecule has 5 heteroatoms. The van der Waals surface area contributed by atoms with Crippen LogP contribution in [-0.2, 0) is 9.53 Å². The lowest BCUT2D eigenvalue weighted by Crippen LogP contribution is -2.52. The molecule has 0 aliphatic rings. The normalized spacial score (nSPS) is 14.7. The molecule has 1 unspecified atom stereocenters. The Kier molecular flexibility index (Phi) is 9.50. The molecule has 0 aliphatic heterocycles. The second kappa shape index (κ2) is 9.64. The molecule has 0 amide bonds. The summed E-state index contributed by atoms with van der Waals surface area (Å²) < 4.78 is 4.97. The molecule has 0 spiro atoms. The van der Waals surface area contributed by atoms with Crippen molar-refractivity contribution < 1.29 is 14.6 Å². The van der Waals surface area contributed by atoms with Crippen molar-refractivity contribution in [1.29, 1.82) is 0 Å². The Labute approximate surface area is 115 Å². The van der Waals surface area contributed by atoms with Crippen LogP contribution in [0, 0.1) is 0 Å². The van der Waals surface area contributed by atoms with Crippen LogP contribution in [0.4, 0.5) is 0 Å². The molecule has 0 bridgehead atoms. The van der Waals surface area contributed by atoms with E-state index in [1.165, 1.54) is 0 Å². The van der Waals surface area contributed by atoms with E-state index < -0.39 is 11.5 Å². The molecular formula is C13H27NO3S. The van der Waals surface area contributed by atoms with Crippen LogP contribution in [0.5, 0.6) is 0 Å². The highest BCUT2D eigenvalue weighted by atomic mass is 32.2. The van der Waals surface area contributed by atoms with E-state index in [9.17, 15) is 9.90 Å². The number of carbonyl (C=O) groups is 1. The molecular weight excluding hydrogens is 250 g/mol. The number of hydrogen-bond acceptors (Lipinski definition) is 4. The van der Waals surface area contributed by atoms with Crippen LogP contribution in [0.3, 0.4) is 0 Å². The number of aliphatic carboxylic acids is 1. The highest BCUT2D eigenvalue weighted by Gasteiger charge is 2.32. The fourth-order valence-corrected chi connectivity index (χ4v) is 2.70. The van der Waals surface area contributed by atoms with Gasteiger partial charge in [-0.1, -0.05) is 6.42 Å². The first-order valence-corrected chi connectivity index (χ1v) is 7.65. The molecule has 4 nitrogen and oxygen atoms in total. The van der Waals surface area contributed by atoms with E-state index in [-0.39, 0.29) is 6.04 Å². The number of thioether (sulfide) groups is 1. The Morgan fingerprint density at radius 2 is 2.06 bits per heavy atom. The topological polar surface area (TPSA) is 58.6 Å². The molecule has 0 heterocycles. The lowest BCUT2D eigenvalue weighted by atomic mass is 9.94. The van der Waals surface area contributed by atoms with Crippen LogP contribution < -0.4 is 5.32 Å². The Morgan fingerprint density at radius 3 is 2.56 bits per heavy atom. The SMILES string of the molecule is COCCSCCCCC(C)(NC(C)C)C(=O)O. The molecule has 0 saturated carbocycles. The smallest absolute Gasteiger partial charge is 0.323 e. The van der Waals surface area contributed by atoms with Gasteiger partial charge < -0.3 is 9.84 Å². The predicted octanol–water partition coefficient (Wildman–Crippen LogP) is 2.38. The van der Waals surface area contributed by atoms with Crippen molar-refractivity contribution in [3.63, 3.8) is 0 Å². The standard InChI is InChI=1S/C13H27NO3S/c1-11(2)14-13(3,12(15)16)7-5-6-9-18-10-8-17-4/h11,14H,5-10H2,1-4H3,(H,15,16). The number of nitrogens with one attached hydrogen (secondary N) is 1. The summed E-state index contributed by atoms with van der Waals surface area (Å²) in [4.78, 5) is 11.3. The van der Waals surface area contributed by atoms with Crippen LogP contribution in [0.15, 0.2) is 0 Å². The van der Waals surface area contributed by atoms with Crippen molar-refractivity contribution in [1.82, 2.24) is 5.32 Å². The van der Waals surface area contributed by atoms with Crippen molar-refractivity contribution in [2.45, 2.75) is 51.6 Å². The Balaban J connectivity index is 3.81. The van der Waals surface area contributed by atoms with Gasteiger partial charge in [0.2, 0.25) is 0 Å². The molecule has 0 saturated heterocycles. The third-order valence-electron chi connectivity index (χ3n) is 2.73. The van der Waals surface area contributed by atoms with E-state index in [1.807, 2.05) is 25.6 Å². The van der Waals surface area contributed by atoms with Crippen LogP contribution >= 0.6 is 11.8 Å². The minimum atomic E-state index is -0.800. The van der Waals surface area contributed by atoms with Gasteiger partial charge in [0, 0.05) is 18.9 Å². The van der Waals surface area contributed by atoms with E-state index >= 15 is 0 Å². The summed E-state index contributed by atoms with van der Waals surface area (Å²) in [5.74, 6) is 1.32. The fraction of sp³-hybridized carbons (Fsp3) is 0.923. The van der Waals surface area contributed by atoms with E-state index in [2.05, 4.69) is 5.32 Å². The number of unbranched alkanes of at least 4 members (excludes halogenated alkanes) is 1. The average molecular weight is 277 g/mol. The Hall–Kier alpha value is -0.260. The number of ether oxygens (including phenoxy) is 1. The summed E-state index contributed by atoms with van der Waals surface area (Å²) in [6, 6.07) is 0.183. The molecule has 1 atom stereocenters. The summed E-state index contributed by atoms with van der Waals surface area (Å²) in [5.41, 5.74) is -0.800. The number of methoxy groups -OCH3 is 1. The zero-order valence-corrected chi connectivity index (χ0v) is 12.8. The molecule has 0 rings (SSSR count). The third kappa shape index (κ3) is 7.95. The second-order valence-corrected chi connectivity index (χ2v) is 6.22. The Bertz CT molecular complexity index is 236. The number of carboxylic acid groups (broad SMARTS) is 1. The van der Waals surface area contributed by atoms with E-state index in [4.69, 9.17) is 4.74 Å². The predicted molar refractivity (Wildman–Crippen MR) is 77.4 cm³/mol. The van der Waals surface area contributed by atoms with E-state index in [0.29, 0.717) is 6.42 Å². The van der Waals surface area contributed by atoms with Crippen molar-refractivity contribution >= 4 is 17.7 Å². The van der Waals surface area contributed by atoms with Gasteiger partial charge >= 0.3 is 5.97 Å². The molecule has 108 valence electrons. The van der Waals surface area contributed by atoms with Crippen LogP contribution in [-0.4, -0.2) is 47.9 Å². The zero-order valence-electron chi connectivity index (χ0n) is 12.0. The average Bonchev–Trinajstić information content (AvgIpc) is 2.26. The third-order valence-corrected chi connectivity index (χ3v) is 3.76. The van der Waals surface area contributed by atoms with Gasteiger partial charge in [-0.2, -0.15) is 11.8 Å². The first kappa shape index (κ1) is 17.7. The molecule has 0 aromatic carbocycles. The van der Waals surface area contributed by atoms with Gasteiger partial charge in [-0.05, 0) is 39.4 Å². The molecule has 0 aliphatic carbocycles. The van der Waals surface area contributed by atoms with Crippen LogP contribution in [0.25, 0.3) is 0 Å². The lowest BCUT2D eigenvalue weighted by Gasteiger charge is -2.28. The van der Waals surface area contributed by atoms with Gasteiger partial charge in [-0.3, -0.25) is 10.1 Å². The molecule has 0 fully saturated rings. The first-order valence-electron chi connectivity index (χ1n) is 6.50. The lowest BCUT2D eigenvalue weighted by molar-refractivity contribution is -0.144. The monoisotopic (exact) mass is 277 g/mol. The number of rotatable bonds is 11. The van der Waals surface area contributed by atoms with Gasteiger partial charge in [0.05, 0.1) is 6.61 Å². The fourth-order valence-electron chi connectivity index (χ4n) is 1.80. The van der Waals surface area contributed by atoms with Crippen molar-refractivity contribution in [2.24, 2.45) is 0 Å². The largest absolute Gasteiger partial charge is 0.480 e. The molecule has 18 heavy (non-hydrogen) atoms. The first-order chi connectivity index (χ1) is 8.42. The molecule has 0 aromatic heterocycles. The zero-order chi connectivity index (χ0) is 14.0. The quantitative estimate of drug-likeness (QED) is 0.568. The van der Waals surface area contributed by atoms with Gasteiger partial charge in [0.25, 0.3) is 0 Å². The maximum absolute atomic E-state index is 11.3. The molecule has 0 radical (unpaired) electrons. The highest BCUT2D eigenvalue weighted by molar-refractivity contribution is 7.99. The highest BCUT2D eigenvalue weighted by Crippen LogP contribution is 2.17. The summed E-state index contributed by atoms with van der Waals surface area (Å²) in [5, 5.41) is 12.4. The van der Waals surface area contributed by atoms with Crippen LogP contribution in [0.2, 0.25) is 0 Å². The minimum Gasteiger partial charge on any atom is -0.480 e. The van der Waals surface area contributed by atoms with E-state index in [0.717, 1.165) is 31.0 Å². The minimum absolute atomic E-state index is 0.183. The second-order valence-electron chi connectivity index (χ2n) is 5.00. The summed E-state index contributed by atoms with van der Waals surface area (Å²) in [6.07, 6.45) is 2.66. The molecule has 0 aromatic rings. The van der Waals surface area contributed by atoms with Crippen molar-refractivity contribution in [3.8, 4) is 0 Å². The van der Waals surface area contributed by atoms with Gasteiger partial charge in [-0.15, -0.1) is 0 Å². The summed E-state index contributed by atoms with van der Waals surface area (Å²) >= 11 is 1.86. The van der Waals surface area contributed by atoms with Crippen molar-refractivity contribution in [3.05, 3.63) is 0 Å². The van der Waals surface area contributed by atoms with Gasteiger partial charge in [0.1, 0.15) is 5.54 Å². The Morgan fingerprint density at radius 1 is 1.39 bits per heavy atom. The van der Waals surface area contributed by atoms with E-state index in [1.54, 1.807) is 14.0 Å². The number of hydrogen-bond donors (Lipinski definition) is 2. The van der Waals surface area contributed by atoms with Crippen LogP contribution in [0.1, 0.15) is 40.0 Å². The molecule has 2 N–H and O–H groups in total. The van der Waals surface area contributed by atoms with Gasteiger partial charge in [-0.25, -0.2) is 0 Å². The summed E-state index contributed by atoms with van der Waals surface area (Å²) in [7, 11) is 1.70. The van der Waals surface area contributed by atoms with Crippen molar-refractivity contribution in [2.75, 3.05) is 25.2 Å². The number of carboxylic acids is 1. The maximum Gasteiger partial charge on any atom is 0.323 e.